The summed E-state index contributed by atoms with van der Waals surface area (Å²) in [5, 5.41) is -0.307. The van der Waals surface area contributed by atoms with Gasteiger partial charge in [0.1, 0.15) is 19.0 Å². The molecule has 0 saturated carbocycles. The lowest BCUT2D eigenvalue weighted by molar-refractivity contribution is -0.123. The molecule has 0 unspecified atom stereocenters. The molecule has 0 N–H and O–H groups in total. The third-order valence-electron chi connectivity index (χ3n) is 5.27. The third kappa shape index (κ3) is 6.58. The van der Waals surface area contributed by atoms with Crippen LogP contribution in [0.3, 0.4) is 0 Å². The SMILES string of the molecule is COc1cc(/C=C2\SC(=O)N(CCOc3ccc(C)cc3)C2=O)ccc1OCc1ccc(I)cc1. The van der Waals surface area contributed by atoms with Gasteiger partial charge in [0.15, 0.2) is 11.5 Å². The second-order valence-corrected chi connectivity index (χ2v) is 10.1. The smallest absolute Gasteiger partial charge is 0.293 e. The fourth-order valence-electron chi connectivity index (χ4n) is 3.37. The summed E-state index contributed by atoms with van der Waals surface area (Å²) in [5.74, 6) is 1.53. The summed E-state index contributed by atoms with van der Waals surface area (Å²) < 4.78 is 18.2. The normalized spacial score (nSPS) is 14.5. The Morgan fingerprint density at radius 1 is 0.943 bits per heavy atom. The number of benzene rings is 3. The Hall–Kier alpha value is -2.98. The van der Waals surface area contributed by atoms with Crippen molar-refractivity contribution in [1.29, 1.82) is 0 Å². The molecule has 0 spiro atoms. The Kier molecular flexibility index (Phi) is 8.35. The molecular weight excluding hydrogens is 577 g/mol. The standard InChI is InChI=1S/C27H24INO5S/c1-18-3-10-22(11-4-18)33-14-13-29-26(30)25(35-27(29)31)16-20-7-12-23(24(15-20)32-2)34-17-19-5-8-21(28)9-6-19/h3-12,15-16H,13-14,17H2,1-2H3/b25-16-. The van der Waals surface area contributed by atoms with Crippen molar-refractivity contribution in [3.63, 3.8) is 0 Å². The summed E-state index contributed by atoms with van der Waals surface area (Å²) in [4.78, 5) is 26.8. The average Bonchev–Trinajstić information content (AvgIpc) is 3.12. The van der Waals surface area contributed by atoms with E-state index >= 15 is 0 Å². The largest absolute Gasteiger partial charge is 0.493 e. The van der Waals surface area contributed by atoms with E-state index in [4.69, 9.17) is 14.2 Å². The third-order valence-corrected chi connectivity index (χ3v) is 6.90. The number of hydrogen-bond donors (Lipinski definition) is 0. The number of hydrogen-bond acceptors (Lipinski definition) is 6. The van der Waals surface area contributed by atoms with Crippen molar-refractivity contribution in [2.45, 2.75) is 13.5 Å². The predicted octanol–water partition coefficient (Wildman–Crippen LogP) is 6.30. The number of carbonyl (C=O) groups excluding carboxylic acids is 2. The van der Waals surface area contributed by atoms with E-state index in [-0.39, 0.29) is 24.3 Å². The van der Waals surface area contributed by atoms with Gasteiger partial charge in [-0.3, -0.25) is 14.5 Å². The minimum absolute atomic E-state index is 0.185. The van der Waals surface area contributed by atoms with E-state index in [1.807, 2.05) is 61.5 Å². The minimum atomic E-state index is -0.328. The number of halogens is 1. The van der Waals surface area contributed by atoms with Crippen molar-refractivity contribution in [3.05, 3.63) is 91.9 Å². The van der Waals surface area contributed by atoms with E-state index < -0.39 is 0 Å². The van der Waals surface area contributed by atoms with Gasteiger partial charge in [-0.15, -0.1) is 0 Å². The lowest BCUT2D eigenvalue weighted by atomic mass is 10.1. The molecule has 8 heteroatoms. The monoisotopic (exact) mass is 601 g/mol. The summed E-state index contributed by atoms with van der Waals surface area (Å²) >= 11 is 3.18. The number of imide groups is 1. The van der Waals surface area contributed by atoms with Gasteiger partial charge in [-0.25, -0.2) is 0 Å². The highest BCUT2D eigenvalue weighted by Crippen LogP contribution is 2.34. The van der Waals surface area contributed by atoms with Crippen LogP contribution in [0, 0.1) is 10.5 Å². The van der Waals surface area contributed by atoms with Crippen LogP contribution in [0.2, 0.25) is 0 Å². The van der Waals surface area contributed by atoms with E-state index in [1.54, 1.807) is 25.3 Å². The molecule has 3 aromatic rings. The van der Waals surface area contributed by atoms with E-state index in [9.17, 15) is 9.59 Å². The Labute approximate surface area is 222 Å². The first-order valence-electron chi connectivity index (χ1n) is 10.9. The van der Waals surface area contributed by atoms with Crippen LogP contribution in [-0.2, 0) is 11.4 Å². The van der Waals surface area contributed by atoms with Crippen molar-refractivity contribution >= 4 is 51.6 Å². The summed E-state index contributed by atoms with van der Waals surface area (Å²) in [6, 6.07) is 21.2. The molecule has 1 saturated heterocycles. The molecule has 6 nitrogen and oxygen atoms in total. The maximum atomic E-state index is 12.8. The van der Waals surface area contributed by atoms with Gasteiger partial charge < -0.3 is 14.2 Å². The van der Waals surface area contributed by atoms with Crippen LogP contribution in [0.1, 0.15) is 16.7 Å². The van der Waals surface area contributed by atoms with Crippen LogP contribution >= 0.6 is 34.4 Å². The zero-order chi connectivity index (χ0) is 24.8. The summed E-state index contributed by atoms with van der Waals surface area (Å²) in [6.45, 7) is 2.83. The maximum Gasteiger partial charge on any atom is 0.293 e. The molecular formula is C27H24INO5S. The molecule has 35 heavy (non-hydrogen) atoms. The number of carbonyl (C=O) groups is 2. The number of aryl methyl sites for hydroxylation is 1. The molecule has 1 heterocycles. The highest BCUT2D eigenvalue weighted by molar-refractivity contribution is 14.1. The van der Waals surface area contributed by atoms with E-state index in [0.717, 1.165) is 32.0 Å². The fraction of sp³-hybridized carbons (Fsp3) is 0.185. The van der Waals surface area contributed by atoms with Crippen molar-refractivity contribution in [1.82, 2.24) is 4.90 Å². The van der Waals surface area contributed by atoms with Gasteiger partial charge >= 0.3 is 0 Å². The first kappa shape index (κ1) is 25.1. The van der Waals surface area contributed by atoms with Crippen molar-refractivity contribution in [2.75, 3.05) is 20.3 Å². The van der Waals surface area contributed by atoms with Crippen LogP contribution in [-0.4, -0.2) is 36.3 Å². The molecule has 180 valence electrons. The first-order chi connectivity index (χ1) is 16.9. The van der Waals surface area contributed by atoms with Crippen LogP contribution < -0.4 is 14.2 Å². The second-order valence-electron chi connectivity index (χ2n) is 7.82. The Morgan fingerprint density at radius 2 is 1.69 bits per heavy atom. The molecule has 4 rings (SSSR count). The molecule has 2 amide bonds. The predicted molar refractivity (Wildman–Crippen MR) is 146 cm³/mol. The molecule has 0 aliphatic carbocycles. The van der Waals surface area contributed by atoms with Crippen LogP contribution in [0.15, 0.2) is 71.6 Å². The van der Waals surface area contributed by atoms with Gasteiger partial charge in [-0.1, -0.05) is 35.9 Å². The van der Waals surface area contributed by atoms with Gasteiger partial charge in [-0.2, -0.15) is 0 Å². The summed E-state index contributed by atoms with van der Waals surface area (Å²) in [6.07, 6.45) is 1.69. The highest BCUT2D eigenvalue weighted by atomic mass is 127. The highest BCUT2D eigenvalue weighted by Gasteiger charge is 2.34. The minimum Gasteiger partial charge on any atom is -0.493 e. The van der Waals surface area contributed by atoms with Crippen LogP contribution in [0.4, 0.5) is 4.79 Å². The van der Waals surface area contributed by atoms with Crippen LogP contribution in [0.25, 0.3) is 6.08 Å². The topological polar surface area (TPSA) is 65.1 Å². The molecule has 3 aromatic carbocycles. The number of nitrogens with zero attached hydrogens (tertiary/aromatic N) is 1. The Morgan fingerprint density at radius 3 is 2.40 bits per heavy atom. The van der Waals surface area contributed by atoms with E-state index in [2.05, 4.69) is 22.6 Å². The van der Waals surface area contributed by atoms with Gasteiger partial charge in [0.05, 0.1) is 18.6 Å². The number of thioether (sulfide) groups is 1. The van der Waals surface area contributed by atoms with Gasteiger partial charge in [0.25, 0.3) is 11.1 Å². The lowest BCUT2D eigenvalue weighted by Crippen LogP contribution is -2.32. The number of ether oxygens (including phenoxy) is 3. The fourth-order valence-corrected chi connectivity index (χ4v) is 4.59. The molecule has 0 bridgehead atoms. The lowest BCUT2D eigenvalue weighted by Gasteiger charge is -2.13. The molecule has 1 aliphatic heterocycles. The van der Waals surface area contributed by atoms with Crippen molar-refractivity contribution in [2.24, 2.45) is 0 Å². The molecule has 0 atom stereocenters. The molecule has 0 aromatic heterocycles. The second kappa shape index (κ2) is 11.6. The Balaban J connectivity index is 1.38. The van der Waals surface area contributed by atoms with Crippen molar-refractivity contribution < 1.29 is 23.8 Å². The van der Waals surface area contributed by atoms with Crippen molar-refractivity contribution in [3.8, 4) is 17.2 Å². The van der Waals surface area contributed by atoms with Gasteiger partial charge in [0.2, 0.25) is 0 Å². The van der Waals surface area contributed by atoms with Gasteiger partial charge in [0, 0.05) is 3.57 Å². The quantitative estimate of drug-likeness (QED) is 0.212. The summed E-state index contributed by atoms with van der Waals surface area (Å²) in [5.41, 5.74) is 2.93. The average molecular weight is 601 g/mol. The zero-order valence-electron chi connectivity index (χ0n) is 19.3. The first-order valence-corrected chi connectivity index (χ1v) is 12.8. The Bertz CT molecular complexity index is 1240. The van der Waals surface area contributed by atoms with Gasteiger partial charge in [-0.05, 0) is 94.9 Å². The molecule has 1 aliphatic rings. The zero-order valence-corrected chi connectivity index (χ0v) is 22.3. The van der Waals surface area contributed by atoms with E-state index in [0.29, 0.717) is 28.8 Å². The molecule has 1 fully saturated rings. The van der Waals surface area contributed by atoms with Crippen LogP contribution in [0.5, 0.6) is 17.2 Å². The molecule has 0 radical (unpaired) electrons. The maximum absolute atomic E-state index is 12.8. The van der Waals surface area contributed by atoms with E-state index in [1.165, 1.54) is 4.90 Å². The summed E-state index contributed by atoms with van der Waals surface area (Å²) in [7, 11) is 1.57. The number of amides is 2. The number of rotatable bonds is 9. The number of methoxy groups -OCH3 is 1.